The third-order valence-electron chi connectivity index (χ3n) is 5.36. The topological polar surface area (TPSA) is 25.8 Å². The Morgan fingerprint density at radius 3 is 2.19 bits per heavy atom. The van der Waals surface area contributed by atoms with Crippen molar-refractivity contribution in [2.75, 3.05) is 0 Å². The Hall–Kier alpha value is -1.35. The van der Waals surface area contributed by atoms with E-state index in [0.29, 0.717) is 5.92 Å². The van der Waals surface area contributed by atoms with Gasteiger partial charge in [0.15, 0.2) is 5.82 Å². The lowest BCUT2D eigenvalue weighted by molar-refractivity contribution is 0.560. The van der Waals surface area contributed by atoms with Crippen molar-refractivity contribution >= 4 is 12.6 Å². The van der Waals surface area contributed by atoms with Crippen LogP contribution in [0.15, 0.2) is 35.5 Å². The standard InChI is InChI=1S/C24H36N2S/c1-4-6-7-8-9-10-11-12-21-17-25-24(26-18-21)22-14-13-20(16-23(22)27)15-19(3)5-2/h13-14,16-19,27H,4-12,15H2,1-3H3. The van der Waals surface area contributed by atoms with Crippen LogP contribution < -0.4 is 0 Å². The third-order valence-corrected chi connectivity index (χ3v) is 5.73. The molecule has 2 rings (SSSR count). The van der Waals surface area contributed by atoms with Crippen molar-refractivity contribution in [3.05, 3.63) is 41.7 Å². The van der Waals surface area contributed by atoms with Crippen LogP contribution in [0.4, 0.5) is 0 Å². The third kappa shape index (κ3) is 7.65. The van der Waals surface area contributed by atoms with E-state index >= 15 is 0 Å². The molecule has 0 aliphatic heterocycles. The first kappa shape index (κ1) is 21.9. The number of aromatic nitrogens is 2. The second kappa shape index (κ2) is 12.2. The molecule has 0 spiro atoms. The Morgan fingerprint density at radius 2 is 1.56 bits per heavy atom. The summed E-state index contributed by atoms with van der Waals surface area (Å²) in [7, 11) is 0. The summed E-state index contributed by atoms with van der Waals surface area (Å²) < 4.78 is 0. The smallest absolute Gasteiger partial charge is 0.160 e. The zero-order valence-electron chi connectivity index (χ0n) is 17.4. The molecular formula is C24H36N2S. The van der Waals surface area contributed by atoms with Crippen LogP contribution in [-0.2, 0) is 12.8 Å². The summed E-state index contributed by atoms with van der Waals surface area (Å²) in [6.45, 7) is 6.79. The molecule has 0 radical (unpaired) electrons. The minimum Gasteiger partial charge on any atom is -0.236 e. The summed E-state index contributed by atoms with van der Waals surface area (Å²) in [6, 6.07) is 6.47. The molecule has 1 aromatic carbocycles. The van der Waals surface area contributed by atoms with Crippen molar-refractivity contribution in [2.45, 2.75) is 89.9 Å². The predicted octanol–water partition coefficient (Wildman–Crippen LogP) is 7.31. The highest BCUT2D eigenvalue weighted by molar-refractivity contribution is 7.80. The lowest BCUT2D eigenvalue weighted by Crippen LogP contribution is -1.99. The maximum Gasteiger partial charge on any atom is 0.160 e. The summed E-state index contributed by atoms with van der Waals surface area (Å²) in [4.78, 5) is 10.2. The van der Waals surface area contributed by atoms with Gasteiger partial charge >= 0.3 is 0 Å². The highest BCUT2D eigenvalue weighted by Gasteiger charge is 2.08. The molecule has 1 atom stereocenters. The Morgan fingerprint density at radius 1 is 0.889 bits per heavy atom. The minimum absolute atomic E-state index is 0.700. The van der Waals surface area contributed by atoms with Gasteiger partial charge in [-0.1, -0.05) is 71.8 Å². The molecule has 148 valence electrons. The van der Waals surface area contributed by atoms with Gasteiger partial charge in [-0.25, -0.2) is 9.97 Å². The van der Waals surface area contributed by atoms with Crippen LogP contribution in [0.2, 0.25) is 0 Å². The highest BCUT2D eigenvalue weighted by Crippen LogP contribution is 2.26. The normalized spacial score (nSPS) is 12.3. The zero-order valence-corrected chi connectivity index (χ0v) is 18.3. The fourth-order valence-corrected chi connectivity index (χ4v) is 3.69. The van der Waals surface area contributed by atoms with Crippen LogP contribution in [0.25, 0.3) is 11.4 Å². The molecule has 3 heteroatoms. The van der Waals surface area contributed by atoms with Crippen molar-refractivity contribution in [1.29, 1.82) is 0 Å². The van der Waals surface area contributed by atoms with E-state index in [-0.39, 0.29) is 0 Å². The molecule has 27 heavy (non-hydrogen) atoms. The molecule has 2 nitrogen and oxygen atoms in total. The number of hydrogen-bond acceptors (Lipinski definition) is 3. The largest absolute Gasteiger partial charge is 0.236 e. The summed E-state index contributed by atoms with van der Waals surface area (Å²) in [6.07, 6.45) is 16.7. The number of hydrogen-bond donors (Lipinski definition) is 1. The molecule has 1 heterocycles. The quantitative estimate of drug-likeness (QED) is 0.306. The van der Waals surface area contributed by atoms with Gasteiger partial charge in [0.2, 0.25) is 0 Å². The number of thiol groups is 1. The number of nitrogens with zero attached hydrogens (tertiary/aromatic N) is 2. The van der Waals surface area contributed by atoms with Gasteiger partial charge in [0, 0.05) is 22.9 Å². The van der Waals surface area contributed by atoms with Crippen molar-refractivity contribution in [3.8, 4) is 11.4 Å². The van der Waals surface area contributed by atoms with Gasteiger partial charge in [-0.3, -0.25) is 0 Å². The Balaban J connectivity index is 1.85. The molecular weight excluding hydrogens is 348 g/mol. The number of benzene rings is 1. The Labute approximate surface area is 171 Å². The van der Waals surface area contributed by atoms with Gasteiger partial charge in [0.25, 0.3) is 0 Å². The molecule has 0 aliphatic rings. The van der Waals surface area contributed by atoms with Crippen molar-refractivity contribution < 1.29 is 0 Å². The second-order valence-corrected chi connectivity index (χ2v) is 8.34. The highest BCUT2D eigenvalue weighted by atomic mass is 32.1. The maximum absolute atomic E-state index is 4.68. The van der Waals surface area contributed by atoms with Crippen LogP contribution in [0.3, 0.4) is 0 Å². The number of aryl methyl sites for hydroxylation is 1. The van der Waals surface area contributed by atoms with E-state index < -0.39 is 0 Å². The molecule has 0 bridgehead atoms. The second-order valence-electron chi connectivity index (χ2n) is 7.86. The lowest BCUT2D eigenvalue weighted by Gasteiger charge is -2.11. The van der Waals surface area contributed by atoms with Gasteiger partial charge in [-0.05, 0) is 48.4 Å². The first-order chi connectivity index (χ1) is 13.1. The summed E-state index contributed by atoms with van der Waals surface area (Å²) in [5.41, 5.74) is 3.60. The van der Waals surface area contributed by atoms with Crippen molar-refractivity contribution in [3.63, 3.8) is 0 Å². The fraction of sp³-hybridized carbons (Fsp3) is 0.583. The Kier molecular flexibility index (Phi) is 9.90. The van der Waals surface area contributed by atoms with Crippen LogP contribution in [0.1, 0.15) is 83.3 Å². The maximum atomic E-state index is 4.68. The van der Waals surface area contributed by atoms with Gasteiger partial charge in [0.1, 0.15) is 0 Å². The van der Waals surface area contributed by atoms with Gasteiger partial charge < -0.3 is 0 Å². The van der Waals surface area contributed by atoms with E-state index in [2.05, 4.69) is 61.6 Å². The van der Waals surface area contributed by atoms with E-state index in [0.717, 1.165) is 29.1 Å². The van der Waals surface area contributed by atoms with E-state index in [4.69, 9.17) is 0 Å². The monoisotopic (exact) mass is 384 g/mol. The number of unbranched alkanes of at least 4 members (excludes halogenated alkanes) is 6. The van der Waals surface area contributed by atoms with Crippen LogP contribution in [-0.4, -0.2) is 9.97 Å². The van der Waals surface area contributed by atoms with E-state index in [1.165, 1.54) is 62.5 Å². The average Bonchev–Trinajstić information content (AvgIpc) is 2.68. The van der Waals surface area contributed by atoms with E-state index in [1.807, 2.05) is 12.4 Å². The summed E-state index contributed by atoms with van der Waals surface area (Å²) in [5, 5.41) is 0. The molecule has 0 aliphatic carbocycles. The molecule has 0 fully saturated rings. The van der Waals surface area contributed by atoms with Gasteiger partial charge in [0.05, 0.1) is 0 Å². The van der Waals surface area contributed by atoms with E-state index in [9.17, 15) is 0 Å². The molecule has 0 N–H and O–H groups in total. The first-order valence-electron chi connectivity index (χ1n) is 10.8. The summed E-state index contributed by atoms with van der Waals surface area (Å²) in [5.74, 6) is 1.48. The average molecular weight is 385 g/mol. The van der Waals surface area contributed by atoms with Gasteiger partial charge in [-0.15, -0.1) is 12.6 Å². The zero-order chi connectivity index (χ0) is 19.5. The Bertz CT molecular complexity index is 667. The van der Waals surface area contributed by atoms with E-state index in [1.54, 1.807) is 0 Å². The van der Waals surface area contributed by atoms with Crippen molar-refractivity contribution in [1.82, 2.24) is 9.97 Å². The lowest BCUT2D eigenvalue weighted by atomic mass is 9.98. The SMILES string of the molecule is CCCCCCCCCc1cnc(-c2ccc(CC(C)CC)cc2S)nc1. The molecule has 0 saturated heterocycles. The minimum atomic E-state index is 0.700. The van der Waals surface area contributed by atoms with Gasteiger partial charge in [-0.2, -0.15) is 0 Å². The van der Waals surface area contributed by atoms with Crippen LogP contribution in [0.5, 0.6) is 0 Å². The molecule has 1 aromatic heterocycles. The van der Waals surface area contributed by atoms with Crippen LogP contribution in [0, 0.1) is 5.92 Å². The van der Waals surface area contributed by atoms with Crippen molar-refractivity contribution in [2.24, 2.45) is 5.92 Å². The first-order valence-corrected chi connectivity index (χ1v) is 11.2. The summed E-state index contributed by atoms with van der Waals surface area (Å²) >= 11 is 4.68. The molecule has 2 aromatic rings. The molecule has 0 saturated carbocycles. The number of rotatable bonds is 12. The van der Waals surface area contributed by atoms with Crippen LogP contribution >= 0.6 is 12.6 Å². The molecule has 1 unspecified atom stereocenters. The molecule has 0 amide bonds. The fourth-order valence-electron chi connectivity index (χ4n) is 3.35. The predicted molar refractivity (Wildman–Crippen MR) is 120 cm³/mol.